The van der Waals surface area contributed by atoms with Gasteiger partial charge in [-0.2, -0.15) is 0 Å². The summed E-state index contributed by atoms with van der Waals surface area (Å²) in [4.78, 5) is 0. The predicted octanol–water partition coefficient (Wildman–Crippen LogP) is 0.875. The Hall–Kier alpha value is -0.120. The molecule has 3 N–H and O–H groups in total. The van der Waals surface area contributed by atoms with Crippen molar-refractivity contribution < 1.29 is 15.3 Å². The van der Waals surface area contributed by atoms with Crippen molar-refractivity contribution in [2.24, 2.45) is 46.3 Å². The van der Waals surface area contributed by atoms with Gasteiger partial charge in [0.25, 0.3) is 0 Å². The van der Waals surface area contributed by atoms with Crippen molar-refractivity contribution in [1.82, 2.24) is 0 Å². The Morgan fingerprint density at radius 3 is 2.33 bits per heavy atom. The van der Waals surface area contributed by atoms with Gasteiger partial charge in [0.1, 0.15) is 0 Å². The molecule has 6 bridgehead atoms. The monoisotopic (exact) mass is 252 g/mol. The Labute approximate surface area is 108 Å². The van der Waals surface area contributed by atoms with Crippen molar-refractivity contribution in [3.8, 4) is 0 Å². The first-order valence-electron chi connectivity index (χ1n) is 7.37. The lowest BCUT2D eigenvalue weighted by atomic mass is 9.59. The van der Waals surface area contributed by atoms with E-state index >= 15 is 0 Å². The van der Waals surface area contributed by atoms with Gasteiger partial charge in [-0.1, -0.05) is 20.8 Å². The molecule has 0 aliphatic heterocycles. The van der Waals surface area contributed by atoms with Gasteiger partial charge < -0.3 is 15.3 Å². The van der Waals surface area contributed by atoms with Crippen LogP contribution in [0.2, 0.25) is 0 Å². The summed E-state index contributed by atoms with van der Waals surface area (Å²) in [5.74, 6) is 2.44. The fraction of sp³-hybridized carbons (Fsp3) is 1.00. The SMILES string of the molecule is CC(CO)C1CC(O)C2(C)C3C(O)C4C(C13)C42C. The van der Waals surface area contributed by atoms with Crippen LogP contribution in [0, 0.1) is 46.3 Å². The van der Waals surface area contributed by atoms with Crippen LogP contribution in [0.25, 0.3) is 0 Å². The van der Waals surface area contributed by atoms with Crippen molar-refractivity contribution in [3.05, 3.63) is 0 Å². The highest BCUT2D eigenvalue weighted by Gasteiger charge is 2.91. The molecule has 0 amide bonds. The van der Waals surface area contributed by atoms with E-state index in [-0.39, 0.29) is 41.5 Å². The van der Waals surface area contributed by atoms with Gasteiger partial charge in [0.2, 0.25) is 0 Å². The Morgan fingerprint density at radius 2 is 1.78 bits per heavy atom. The minimum atomic E-state index is -0.310. The van der Waals surface area contributed by atoms with Gasteiger partial charge in [0.05, 0.1) is 12.2 Å². The lowest BCUT2D eigenvalue weighted by molar-refractivity contribution is -0.0995. The minimum absolute atomic E-state index is 0.0852. The largest absolute Gasteiger partial charge is 0.396 e. The molecule has 0 aromatic rings. The molecular formula is C15H24O3. The summed E-state index contributed by atoms with van der Waals surface area (Å²) in [7, 11) is 0. The second kappa shape index (κ2) is 2.97. The summed E-state index contributed by atoms with van der Waals surface area (Å²) in [6, 6.07) is 0. The molecule has 0 heterocycles. The second-order valence-corrected chi connectivity index (χ2v) is 7.79. The van der Waals surface area contributed by atoms with Crippen molar-refractivity contribution in [2.45, 2.75) is 39.4 Å². The van der Waals surface area contributed by atoms with E-state index in [9.17, 15) is 15.3 Å². The summed E-state index contributed by atoms with van der Waals surface area (Å²) >= 11 is 0. The summed E-state index contributed by atoms with van der Waals surface area (Å²) in [5, 5.41) is 30.6. The zero-order valence-electron chi connectivity index (χ0n) is 11.4. The third-order valence-electron chi connectivity index (χ3n) is 7.78. The molecule has 18 heavy (non-hydrogen) atoms. The number of hydrogen-bond acceptors (Lipinski definition) is 3. The van der Waals surface area contributed by atoms with E-state index < -0.39 is 0 Å². The fourth-order valence-electron chi connectivity index (χ4n) is 6.81. The van der Waals surface area contributed by atoms with Crippen molar-refractivity contribution >= 4 is 0 Å². The summed E-state index contributed by atoms with van der Waals surface area (Å²) in [6.45, 7) is 6.76. The van der Waals surface area contributed by atoms with Crippen LogP contribution < -0.4 is 0 Å². The molecular weight excluding hydrogens is 228 g/mol. The maximum Gasteiger partial charge on any atom is 0.0614 e. The maximum absolute atomic E-state index is 10.7. The molecule has 10 unspecified atom stereocenters. The highest BCUT2D eigenvalue weighted by atomic mass is 16.3. The maximum atomic E-state index is 10.7. The summed E-state index contributed by atoms with van der Waals surface area (Å²) in [6.07, 6.45) is 0.290. The first-order valence-corrected chi connectivity index (χ1v) is 7.37. The van der Waals surface area contributed by atoms with Crippen LogP contribution in [0.15, 0.2) is 0 Å². The third-order valence-corrected chi connectivity index (χ3v) is 7.78. The highest BCUT2D eigenvalue weighted by Crippen LogP contribution is 2.91. The molecule has 5 aliphatic rings. The van der Waals surface area contributed by atoms with Crippen LogP contribution in [0.5, 0.6) is 0 Å². The van der Waals surface area contributed by atoms with Crippen molar-refractivity contribution in [3.63, 3.8) is 0 Å². The minimum Gasteiger partial charge on any atom is -0.396 e. The van der Waals surface area contributed by atoms with E-state index in [0.29, 0.717) is 23.7 Å². The van der Waals surface area contributed by atoms with Crippen LogP contribution in [0.4, 0.5) is 0 Å². The topological polar surface area (TPSA) is 60.7 Å². The van der Waals surface area contributed by atoms with E-state index in [1.54, 1.807) is 0 Å². The van der Waals surface area contributed by atoms with Gasteiger partial charge in [0.15, 0.2) is 0 Å². The number of aliphatic hydroxyl groups is 3. The molecule has 5 saturated carbocycles. The van der Waals surface area contributed by atoms with Gasteiger partial charge in [-0.25, -0.2) is 0 Å². The van der Waals surface area contributed by atoms with Gasteiger partial charge >= 0.3 is 0 Å². The standard InChI is InChI=1S/C15H24O3/c1-6(5-16)7-4-8(17)14(2)11-9(7)10-12(13(11)18)15(10,14)3/h6-13,16-18H,4-5H2,1-3H3. The zero-order valence-corrected chi connectivity index (χ0v) is 11.4. The van der Waals surface area contributed by atoms with E-state index in [0.717, 1.165) is 6.42 Å². The lowest BCUT2D eigenvalue weighted by Crippen LogP contribution is -2.49. The predicted molar refractivity (Wildman–Crippen MR) is 66.5 cm³/mol. The number of aliphatic hydroxyl groups excluding tert-OH is 3. The quantitative estimate of drug-likeness (QED) is 0.683. The molecule has 10 atom stereocenters. The van der Waals surface area contributed by atoms with E-state index in [2.05, 4.69) is 20.8 Å². The molecule has 0 radical (unpaired) electrons. The molecule has 0 spiro atoms. The smallest absolute Gasteiger partial charge is 0.0614 e. The van der Waals surface area contributed by atoms with Crippen LogP contribution >= 0.6 is 0 Å². The average molecular weight is 252 g/mol. The normalized spacial score (nSPS) is 69.3. The van der Waals surface area contributed by atoms with E-state index in [1.165, 1.54) is 0 Å². The first kappa shape index (κ1) is 11.7. The molecule has 0 saturated heterocycles. The van der Waals surface area contributed by atoms with Crippen LogP contribution in [-0.4, -0.2) is 34.1 Å². The Bertz CT molecular complexity index is 411. The van der Waals surface area contributed by atoms with Crippen molar-refractivity contribution in [2.75, 3.05) is 6.61 Å². The van der Waals surface area contributed by atoms with Gasteiger partial charge in [-0.15, -0.1) is 0 Å². The second-order valence-electron chi connectivity index (χ2n) is 7.79. The van der Waals surface area contributed by atoms with Crippen LogP contribution in [0.3, 0.4) is 0 Å². The molecule has 3 nitrogen and oxygen atoms in total. The molecule has 5 fully saturated rings. The van der Waals surface area contributed by atoms with Crippen molar-refractivity contribution in [1.29, 1.82) is 0 Å². The number of hydrogen-bond donors (Lipinski definition) is 3. The average Bonchev–Trinajstić information content (AvgIpc) is 2.69. The summed E-state index contributed by atoms with van der Waals surface area (Å²) < 4.78 is 0. The molecule has 0 aromatic carbocycles. The van der Waals surface area contributed by atoms with Crippen LogP contribution in [0.1, 0.15) is 27.2 Å². The van der Waals surface area contributed by atoms with E-state index in [1.807, 2.05) is 0 Å². The third kappa shape index (κ3) is 0.835. The molecule has 3 heteroatoms. The van der Waals surface area contributed by atoms with E-state index in [4.69, 9.17) is 0 Å². The van der Waals surface area contributed by atoms with Crippen LogP contribution in [-0.2, 0) is 0 Å². The Balaban J connectivity index is 1.80. The van der Waals surface area contributed by atoms with Gasteiger partial charge in [-0.3, -0.25) is 0 Å². The van der Waals surface area contributed by atoms with Gasteiger partial charge in [0, 0.05) is 12.0 Å². The molecule has 0 aromatic heterocycles. The Morgan fingerprint density at radius 1 is 1.11 bits per heavy atom. The van der Waals surface area contributed by atoms with Gasteiger partial charge in [-0.05, 0) is 47.3 Å². The first-order chi connectivity index (χ1) is 8.40. The highest BCUT2D eigenvalue weighted by molar-refractivity contribution is 5.38. The zero-order chi connectivity index (χ0) is 13.0. The summed E-state index contributed by atoms with van der Waals surface area (Å²) in [5.41, 5.74) is 0.0726. The number of rotatable bonds is 2. The molecule has 5 rings (SSSR count). The lowest BCUT2D eigenvalue weighted by Gasteiger charge is -2.48. The Kier molecular flexibility index (Phi) is 1.93. The molecule has 102 valence electrons. The fourth-order valence-corrected chi connectivity index (χ4v) is 6.81. The molecule has 5 aliphatic carbocycles.